The molecule has 5 nitrogen and oxygen atoms in total. The maximum absolute atomic E-state index is 11.8. The third kappa shape index (κ3) is 6.32. The summed E-state index contributed by atoms with van der Waals surface area (Å²) >= 11 is 0. The van der Waals surface area contributed by atoms with Crippen molar-refractivity contribution in [1.29, 1.82) is 0 Å². The first kappa shape index (κ1) is 18.4. The molecule has 0 aromatic heterocycles. The molecule has 1 heterocycles. The number of carbonyl (C=O) groups excluding carboxylic acids is 1. The van der Waals surface area contributed by atoms with Crippen molar-refractivity contribution in [2.24, 2.45) is 17.6 Å². The van der Waals surface area contributed by atoms with Gasteiger partial charge < -0.3 is 19.9 Å². The highest BCUT2D eigenvalue weighted by Crippen LogP contribution is 2.24. The molecule has 0 amide bonds. The van der Waals surface area contributed by atoms with E-state index < -0.39 is 12.0 Å². The minimum absolute atomic E-state index is 0.127. The lowest BCUT2D eigenvalue weighted by Crippen LogP contribution is -2.41. The van der Waals surface area contributed by atoms with E-state index in [1.54, 1.807) is 0 Å². The van der Waals surface area contributed by atoms with E-state index in [2.05, 4.69) is 20.8 Å². The van der Waals surface area contributed by atoms with Crippen molar-refractivity contribution in [2.45, 2.75) is 65.2 Å². The second-order valence-electron chi connectivity index (χ2n) is 6.35. The molecule has 5 heteroatoms. The van der Waals surface area contributed by atoms with Gasteiger partial charge in [0.15, 0.2) is 0 Å². The van der Waals surface area contributed by atoms with Gasteiger partial charge in [-0.2, -0.15) is 0 Å². The van der Waals surface area contributed by atoms with E-state index in [-0.39, 0.29) is 24.7 Å². The topological polar surface area (TPSA) is 70.8 Å². The third-order valence-corrected chi connectivity index (χ3v) is 3.79. The molecule has 2 N–H and O–H groups in total. The van der Waals surface area contributed by atoms with Crippen molar-refractivity contribution >= 4 is 5.97 Å². The monoisotopic (exact) mass is 301 g/mol. The van der Waals surface area contributed by atoms with E-state index in [1.807, 2.05) is 6.92 Å². The van der Waals surface area contributed by atoms with E-state index >= 15 is 0 Å². The summed E-state index contributed by atoms with van der Waals surface area (Å²) in [7, 11) is 0. The van der Waals surface area contributed by atoms with Crippen molar-refractivity contribution in [3.8, 4) is 0 Å². The molecule has 0 radical (unpaired) electrons. The normalized spacial score (nSPS) is 31.4. The Hall–Kier alpha value is -0.650. The lowest BCUT2D eigenvalue weighted by molar-refractivity contribution is -0.159. The third-order valence-electron chi connectivity index (χ3n) is 3.79. The van der Waals surface area contributed by atoms with Gasteiger partial charge in [-0.05, 0) is 25.7 Å². The molecule has 0 aromatic carbocycles. The zero-order valence-corrected chi connectivity index (χ0v) is 13.8. The van der Waals surface area contributed by atoms with Gasteiger partial charge in [0, 0.05) is 12.5 Å². The Balaban J connectivity index is 2.78. The molecule has 1 rings (SSSR count). The molecule has 0 unspecified atom stereocenters. The summed E-state index contributed by atoms with van der Waals surface area (Å²) in [5.41, 5.74) is 5.75. The zero-order chi connectivity index (χ0) is 15.8. The van der Waals surface area contributed by atoms with Crippen molar-refractivity contribution in [1.82, 2.24) is 0 Å². The smallest absolute Gasteiger partial charge is 0.325 e. The molecular formula is C16H31NO4. The molecular weight excluding hydrogens is 270 g/mol. The SMILES string of the molecule is CCCO[C@@H]1[C@@H](CCC(C)C)COC[C@H](N)C(=O)O[C@H]1C. The Morgan fingerprint density at radius 1 is 1.38 bits per heavy atom. The van der Waals surface area contributed by atoms with Gasteiger partial charge in [0.1, 0.15) is 12.1 Å². The van der Waals surface area contributed by atoms with Gasteiger partial charge in [0.05, 0.1) is 19.3 Å². The quantitative estimate of drug-likeness (QED) is 0.761. The van der Waals surface area contributed by atoms with Gasteiger partial charge in [-0.25, -0.2) is 0 Å². The average molecular weight is 301 g/mol. The molecule has 0 aliphatic carbocycles. The van der Waals surface area contributed by atoms with Crippen molar-refractivity contribution < 1.29 is 19.0 Å². The predicted molar refractivity (Wildman–Crippen MR) is 81.9 cm³/mol. The second kappa shape index (κ2) is 9.38. The van der Waals surface area contributed by atoms with Crippen LogP contribution in [0.1, 0.15) is 47.0 Å². The van der Waals surface area contributed by atoms with Gasteiger partial charge in [-0.3, -0.25) is 4.79 Å². The van der Waals surface area contributed by atoms with Gasteiger partial charge in [0.2, 0.25) is 0 Å². The maximum atomic E-state index is 11.8. The Bertz CT molecular complexity index is 309. The van der Waals surface area contributed by atoms with Gasteiger partial charge in [-0.15, -0.1) is 0 Å². The molecule has 21 heavy (non-hydrogen) atoms. The van der Waals surface area contributed by atoms with Crippen molar-refractivity contribution in [2.75, 3.05) is 19.8 Å². The van der Waals surface area contributed by atoms with Crippen LogP contribution in [-0.4, -0.2) is 44.0 Å². The van der Waals surface area contributed by atoms with E-state index in [4.69, 9.17) is 19.9 Å². The first-order valence-corrected chi connectivity index (χ1v) is 8.11. The van der Waals surface area contributed by atoms with Crippen LogP contribution in [0.15, 0.2) is 0 Å². The van der Waals surface area contributed by atoms with Crippen LogP contribution >= 0.6 is 0 Å². The van der Waals surface area contributed by atoms with Crippen molar-refractivity contribution in [3.05, 3.63) is 0 Å². The van der Waals surface area contributed by atoms with Crippen LogP contribution in [0.4, 0.5) is 0 Å². The summed E-state index contributed by atoms with van der Waals surface area (Å²) in [6.07, 6.45) is 2.62. The molecule has 0 bridgehead atoms. The summed E-state index contributed by atoms with van der Waals surface area (Å²) in [4.78, 5) is 11.8. The van der Waals surface area contributed by atoms with E-state index in [0.717, 1.165) is 19.3 Å². The molecule has 1 saturated heterocycles. The predicted octanol–water partition coefficient (Wildman–Crippen LogP) is 2.12. The molecule has 0 spiro atoms. The molecule has 1 aliphatic rings. The van der Waals surface area contributed by atoms with Crippen LogP contribution in [0.3, 0.4) is 0 Å². The Morgan fingerprint density at radius 3 is 2.71 bits per heavy atom. The van der Waals surface area contributed by atoms with Crippen LogP contribution in [-0.2, 0) is 19.0 Å². The molecule has 0 saturated carbocycles. The number of hydrogen-bond acceptors (Lipinski definition) is 5. The minimum atomic E-state index is -0.705. The largest absolute Gasteiger partial charge is 0.459 e. The van der Waals surface area contributed by atoms with E-state index in [9.17, 15) is 4.79 Å². The first-order valence-electron chi connectivity index (χ1n) is 8.11. The highest BCUT2D eigenvalue weighted by Gasteiger charge is 2.33. The van der Waals surface area contributed by atoms with Crippen LogP contribution in [0, 0.1) is 11.8 Å². The number of esters is 1. The lowest BCUT2D eigenvalue weighted by atomic mass is 9.91. The van der Waals surface area contributed by atoms with Crippen LogP contribution in [0.2, 0.25) is 0 Å². The number of ether oxygens (including phenoxy) is 3. The highest BCUT2D eigenvalue weighted by atomic mass is 16.6. The summed E-state index contributed by atoms with van der Waals surface area (Å²) in [6.45, 7) is 9.81. The van der Waals surface area contributed by atoms with Crippen molar-refractivity contribution in [3.63, 3.8) is 0 Å². The summed E-state index contributed by atoms with van der Waals surface area (Å²) in [5, 5.41) is 0. The van der Waals surface area contributed by atoms with E-state index in [0.29, 0.717) is 19.1 Å². The maximum Gasteiger partial charge on any atom is 0.325 e. The highest BCUT2D eigenvalue weighted by molar-refractivity contribution is 5.75. The zero-order valence-electron chi connectivity index (χ0n) is 13.8. The standard InChI is InChI=1S/C16H31NO4/c1-5-8-20-15-12(4)21-16(18)14(17)10-19-9-13(15)7-6-11(2)3/h11-15H,5-10,17H2,1-4H3/t12-,13-,14-,15-/m0/s1. The Kier molecular flexibility index (Phi) is 8.22. The number of hydrogen-bond donors (Lipinski definition) is 1. The summed E-state index contributed by atoms with van der Waals surface area (Å²) < 4.78 is 17.1. The van der Waals surface area contributed by atoms with Gasteiger partial charge >= 0.3 is 5.97 Å². The number of cyclic esters (lactones) is 1. The fourth-order valence-corrected chi connectivity index (χ4v) is 2.55. The summed E-state index contributed by atoms with van der Waals surface area (Å²) in [6, 6.07) is -0.705. The average Bonchev–Trinajstić information content (AvgIpc) is 2.47. The molecule has 124 valence electrons. The fraction of sp³-hybridized carbons (Fsp3) is 0.938. The molecule has 1 aliphatic heterocycles. The fourth-order valence-electron chi connectivity index (χ4n) is 2.55. The first-order chi connectivity index (χ1) is 9.95. The van der Waals surface area contributed by atoms with E-state index in [1.165, 1.54) is 0 Å². The van der Waals surface area contributed by atoms with Crippen LogP contribution < -0.4 is 5.73 Å². The second-order valence-corrected chi connectivity index (χ2v) is 6.35. The number of carbonyl (C=O) groups is 1. The Labute approximate surface area is 128 Å². The number of nitrogens with two attached hydrogens (primary N) is 1. The van der Waals surface area contributed by atoms with Gasteiger partial charge in [0.25, 0.3) is 0 Å². The number of rotatable bonds is 6. The van der Waals surface area contributed by atoms with Gasteiger partial charge in [-0.1, -0.05) is 27.2 Å². The molecule has 1 fully saturated rings. The lowest BCUT2D eigenvalue weighted by Gasteiger charge is -2.31. The summed E-state index contributed by atoms with van der Waals surface area (Å²) in [5.74, 6) is 0.453. The van der Waals surface area contributed by atoms with Crippen LogP contribution in [0.25, 0.3) is 0 Å². The van der Waals surface area contributed by atoms with Crippen LogP contribution in [0.5, 0.6) is 0 Å². The molecule has 0 aromatic rings. The Morgan fingerprint density at radius 2 is 2.10 bits per heavy atom. The minimum Gasteiger partial charge on any atom is -0.459 e. The molecule has 4 atom stereocenters.